The third kappa shape index (κ3) is 6.77. The van der Waals surface area contributed by atoms with Gasteiger partial charge in [-0.05, 0) is 66.9 Å². The molecule has 3 aromatic carbocycles. The Morgan fingerprint density at radius 3 is 2.03 bits per heavy atom. The summed E-state index contributed by atoms with van der Waals surface area (Å²) in [6.45, 7) is 5.76. The van der Waals surface area contributed by atoms with Gasteiger partial charge in [-0.2, -0.15) is 0 Å². The fourth-order valence-electron chi connectivity index (χ4n) is 3.47. The van der Waals surface area contributed by atoms with E-state index in [1.54, 1.807) is 49.4 Å². The lowest BCUT2D eigenvalue weighted by Crippen LogP contribution is -2.23. The number of benzene rings is 3. The van der Waals surface area contributed by atoms with Gasteiger partial charge in [0.15, 0.2) is 6.10 Å². The van der Waals surface area contributed by atoms with E-state index in [1.165, 1.54) is 0 Å². The summed E-state index contributed by atoms with van der Waals surface area (Å²) >= 11 is 18.5. The Kier molecular flexibility index (Phi) is 8.85. The minimum Gasteiger partial charge on any atom is -0.457 e. The second kappa shape index (κ2) is 11.6. The molecule has 33 heavy (non-hydrogen) atoms. The van der Waals surface area contributed by atoms with Crippen LogP contribution >= 0.6 is 34.8 Å². The van der Waals surface area contributed by atoms with Crippen molar-refractivity contribution < 1.29 is 14.3 Å². The first-order chi connectivity index (χ1) is 15.8. The lowest BCUT2D eigenvalue weighted by Gasteiger charge is -2.25. The second-order valence-corrected chi connectivity index (χ2v) is 9.20. The number of carbonyl (C=O) groups is 1. The Labute approximate surface area is 209 Å². The molecule has 0 aliphatic carbocycles. The van der Waals surface area contributed by atoms with Crippen LogP contribution in [0.1, 0.15) is 43.9 Å². The molecule has 3 aromatic rings. The number of carbonyl (C=O) groups excluding carboxylic acids is 1. The van der Waals surface area contributed by atoms with Crippen molar-refractivity contribution in [3.63, 3.8) is 0 Å². The molecule has 0 aliphatic rings. The smallest absolute Gasteiger partial charge is 0.314 e. The zero-order valence-electron chi connectivity index (χ0n) is 18.6. The van der Waals surface area contributed by atoms with E-state index in [2.05, 4.69) is 0 Å². The number of rotatable bonds is 8. The average molecular weight is 504 g/mol. The van der Waals surface area contributed by atoms with E-state index in [1.807, 2.05) is 50.2 Å². The van der Waals surface area contributed by atoms with E-state index in [0.717, 1.165) is 5.56 Å². The van der Waals surface area contributed by atoms with E-state index in [4.69, 9.17) is 44.3 Å². The molecule has 0 fully saturated rings. The molecule has 3 rings (SSSR count). The van der Waals surface area contributed by atoms with Crippen molar-refractivity contribution in [1.82, 2.24) is 0 Å². The number of ether oxygens (including phenoxy) is 2. The van der Waals surface area contributed by atoms with Crippen LogP contribution < -0.4 is 4.74 Å². The summed E-state index contributed by atoms with van der Waals surface area (Å²) in [6, 6.07) is 21.6. The predicted molar refractivity (Wildman–Crippen MR) is 135 cm³/mol. The molecular weight excluding hydrogens is 479 g/mol. The number of halogens is 3. The first-order valence-electron chi connectivity index (χ1n) is 10.6. The van der Waals surface area contributed by atoms with Crippen LogP contribution in [0.15, 0.2) is 83.9 Å². The maximum absolute atomic E-state index is 13.3. The summed E-state index contributed by atoms with van der Waals surface area (Å²) in [7, 11) is 0. The molecule has 0 saturated heterocycles. The molecule has 172 valence electrons. The van der Waals surface area contributed by atoms with Crippen LogP contribution in [0.5, 0.6) is 11.5 Å². The van der Waals surface area contributed by atoms with Crippen molar-refractivity contribution >= 4 is 40.8 Å². The van der Waals surface area contributed by atoms with E-state index >= 15 is 0 Å². The van der Waals surface area contributed by atoms with Crippen molar-refractivity contribution in [3.8, 4) is 11.5 Å². The van der Waals surface area contributed by atoms with Gasteiger partial charge in [0.25, 0.3) is 0 Å². The lowest BCUT2D eigenvalue weighted by atomic mass is 9.88. The topological polar surface area (TPSA) is 35.5 Å². The molecule has 0 N–H and O–H groups in total. The van der Waals surface area contributed by atoms with Crippen molar-refractivity contribution in [1.29, 1.82) is 0 Å². The second-order valence-electron chi connectivity index (χ2n) is 7.89. The van der Waals surface area contributed by atoms with Crippen molar-refractivity contribution in [2.45, 2.75) is 32.8 Å². The van der Waals surface area contributed by atoms with Gasteiger partial charge in [0.05, 0.1) is 11.0 Å². The van der Waals surface area contributed by atoms with Crippen LogP contribution in [0.2, 0.25) is 10.0 Å². The number of esters is 1. The highest BCUT2D eigenvalue weighted by molar-refractivity contribution is 6.31. The summed E-state index contributed by atoms with van der Waals surface area (Å²) in [5.74, 6) is 0.434. The molecule has 0 spiro atoms. The molecule has 0 heterocycles. The summed E-state index contributed by atoms with van der Waals surface area (Å²) in [6.07, 6.45) is 0.963. The fourth-order valence-corrected chi connectivity index (χ4v) is 3.89. The minimum atomic E-state index is -0.758. The van der Waals surface area contributed by atoms with Gasteiger partial charge in [0.1, 0.15) is 11.5 Å². The average Bonchev–Trinajstić information content (AvgIpc) is 2.80. The number of hydrogen-bond donors (Lipinski definition) is 0. The van der Waals surface area contributed by atoms with Gasteiger partial charge in [-0.1, -0.05) is 79.0 Å². The fraction of sp³-hybridized carbons (Fsp3) is 0.222. The van der Waals surface area contributed by atoms with Crippen molar-refractivity contribution in [2.75, 3.05) is 0 Å². The van der Waals surface area contributed by atoms with E-state index < -0.39 is 12.0 Å². The van der Waals surface area contributed by atoms with Crippen LogP contribution in [-0.4, -0.2) is 5.97 Å². The molecule has 0 aliphatic heterocycles. The Balaban J connectivity index is 1.87. The summed E-state index contributed by atoms with van der Waals surface area (Å²) in [4.78, 5) is 13.3. The highest BCUT2D eigenvalue weighted by Gasteiger charge is 2.30. The molecule has 0 aromatic heterocycles. The molecule has 0 saturated carbocycles. The van der Waals surface area contributed by atoms with Gasteiger partial charge in [-0.3, -0.25) is 4.79 Å². The first kappa shape index (κ1) is 25.2. The van der Waals surface area contributed by atoms with E-state index in [0.29, 0.717) is 32.1 Å². The predicted octanol–water partition coefficient (Wildman–Crippen LogP) is 8.95. The van der Waals surface area contributed by atoms with Crippen LogP contribution in [0.25, 0.3) is 0 Å². The molecular formula is C27H25Cl3O3. The highest BCUT2D eigenvalue weighted by atomic mass is 35.5. The van der Waals surface area contributed by atoms with Gasteiger partial charge in [-0.25, -0.2) is 0 Å². The molecule has 0 bridgehead atoms. The van der Waals surface area contributed by atoms with Gasteiger partial charge in [-0.15, -0.1) is 0 Å². The largest absolute Gasteiger partial charge is 0.457 e. The number of allylic oxidation sites excluding steroid dienone is 1. The summed E-state index contributed by atoms with van der Waals surface area (Å²) in [5.41, 5.74) is 1.55. The Bertz CT molecular complexity index is 1110. The molecule has 0 radical (unpaired) electrons. The van der Waals surface area contributed by atoms with Gasteiger partial charge in [0.2, 0.25) is 0 Å². The van der Waals surface area contributed by atoms with Crippen LogP contribution in [0, 0.1) is 5.92 Å². The van der Waals surface area contributed by atoms with Gasteiger partial charge >= 0.3 is 5.97 Å². The van der Waals surface area contributed by atoms with Gasteiger partial charge < -0.3 is 9.47 Å². The van der Waals surface area contributed by atoms with Gasteiger partial charge in [0, 0.05) is 15.6 Å². The highest BCUT2D eigenvalue weighted by Crippen LogP contribution is 2.35. The maximum atomic E-state index is 13.3. The summed E-state index contributed by atoms with van der Waals surface area (Å²) < 4.78 is 11.9. The van der Waals surface area contributed by atoms with E-state index in [-0.39, 0.29) is 11.9 Å². The third-order valence-corrected chi connectivity index (χ3v) is 6.04. The quantitative estimate of drug-likeness (QED) is 0.288. The normalized spacial score (nSPS) is 13.5. The Morgan fingerprint density at radius 2 is 1.45 bits per heavy atom. The molecule has 6 heteroatoms. The molecule has 2 atom stereocenters. The zero-order chi connectivity index (χ0) is 24.0. The Morgan fingerprint density at radius 1 is 0.848 bits per heavy atom. The standard InChI is InChI=1S/C27H25Cl3O3/c1-4-24(30)26(33-27(31)25(17(2)3)18-8-10-20(28)11-9-18)19-6-5-7-23(16-19)32-22-14-12-21(29)13-15-22/h4-17,25-26H,1-3H3. The SMILES string of the molecule is CC=C(Cl)C(OC(=O)C(c1ccc(Cl)cc1)C(C)C)c1cccc(Oc2ccc(Cl)cc2)c1. The van der Waals surface area contributed by atoms with Crippen LogP contribution in [-0.2, 0) is 9.53 Å². The Hall–Kier alpha value is -2.46. The lowest BCUT2D eigenvalue weighted by molar-refractivity contribution is -0.150. The van der Waals surface area contributed by atoms with E-state index in [9.17, 15) is 4.79 Å². The molecule has 0 amide bonds. The molecule has 3 nitrogen and oxygen atoms in total. The van der Waals surface area contributed by atoms with Crippen molar-refractivity contribution in [2.24, 2.45) is 5.92 Å². The minimum absolute atomic E-state index is 0.0169. The van der Waals surface area contributed by atoms with Crippen LogP contribution in [0.3, 0.4) is 0 Å². The zero-order valence-corrected chi connectivity index (χ0v) is 20.9. The van der Waals surface area contributed by atoms with Crippen molar-refractivity contribution in [3.05, 3.63) is 105 Å². The maximum Gasteiger partial charge on any atom is 0.314 e. The first-order valence-corrected chi connectivity index (χ1v) is 11.7. The summed E-state index contributed by atoms with van der Waals surface area (Å²) in [5, 5.41) is 1.65. The monoisotopic (exact) mass is 502 g/mol. The van der Waals surface area contributed by atoms with Crippen LogP contribution in [0.4, 0.5) is 0 Å². The third-order valence-electron chi connectivity index (χ3n) is 5.12. The number of hydrogen-bond acceptors (Lipinski definition) is 3. The molecule has 2 unspecified atom stereocenters.